The van der Waals surface area contributed by atoms with Crippen LogP contribution in [0.3, 0.4) is 0 Å². The van der Waals surface area contributed by atoms with Gasteiger partial charge in [0.15, 0.2) is 0 Å². The SMILES string of the molecule is Cc1cccc2c3[nH]c(c12)N=c1[nH]c(c2ccccc12)=Nc1[nH]c(c2ccccc12)N=c1[nH]c(c2ccccc12)=N3. The zero-order chi connectivity index (χ0) is 27.1. The zero-order valence-electron chi connectivity index (χ0n) is 21.9. The number of H-pyrrole nitrogens is 4. The number of benzene rings is 4. The van der Waals surface area contributed by atoms with Gasteiger partial charge in [-0.15, -0.1) is 0 Å². The predicted octanol–water partition coefficient (Wildman–Crippen LogP) is 6.04. The number of aromatic nitrogens is 4. The van der Waals surface area contributed by atoms with Crippen molar-refractivity contribution in [2.75, 3.05) is 0 Å². The summed E-state index contributed by atoms with van der Waals surface area (Å²) in [6, 6.07) is 30.8. The molecule has 8 aromatic rings. The van der Waals surface area contributed by atoms with Crippen LogP contribution in [0.25, 0.3) is 43.1 Å². The van der Waals surface area contributed by atoms with E-state index in [1.165, 1.54) is 0 Å². The first kappa shape index (κ1) is 22.1. The van der Waals surface area contributed by atoms with Gasteiger partial charge >= 0.3 is 0 Å². The maximum Gasteiger partial charge on any atom is 0.142 e. The molecule has 9 rings (SSSR count). The molecule has 8 nitrogen and oxygen atoms in total. The average Bonchev–Trinajstić information content (AvgIpc) is 3.73. The third kappa shape index (κ3) is 3.21. The van der Waals surface area contributed by atoms with Gasteiger partial charge in [-0.05, 0) is 12.5 Å². The fraction of sp³-hybridized carbons (Fsp3) is 0.0303. The van der Waals surface area contributed by atoms with Crippen molar-refractivity contribution in [2.24, 2.45) is 20.0 Å². The summed E-state index contributed by atoms with van der Waals surface area (Å²) >= 11 is 0. The van der Waals surface area contributed by atoms with Crippen LogP contribution in [-0.4, -0.2) is 19.9 Å². The highest BCUT2D eigenvalue weighted by molar-refractivity contribution is 6.02. The van der Waals surface area contributed by atoms with Gasteiger partial charge < -0.3 is 19.9 Å². The highest BCUT2D eigenvalue weighted by Crippen LogP contribution is 2.36. The Morgan fingerprint density at radius 2 is 0.732 bits per heavy atom. The number of aromatic amines is 4. The molecular formula is C33H22N8. The van der Waals surface area contributed by atoms with Crippen LogP contribution in [0.5, 0.6) is 0 Å². The van der Waals surface area contributed by atoms with Crippen molar-refractivity contribution >= 4 is 66.4 Å². The number of rotatable bonds is 0. The van der Waals surface area contributed by atoms with E-state index in [2.05, 4.69) is 81.5 Å². The topological polar surface area (TPSA) is 113 Å². The van der Waals surface area contributed by atoms with E-state index in [1.807, 2.05) is 36.4 Å². The molecule has 8 heteroatoms. The fourth-order valence-electron chi connectivity index (χ4n) is 6.00. The minimum Gasteiger partial charge on any atom is -0.324 e. The summed E-state index contributed by atoms with van der Waals surface area (Å²) in [6.45, 7) is 2.10. The van der Waals surface area contributed by atoms with Crippen molar-refractivity contribution in [1.82, 2.24) is 19.9 Å². The molecule has 0 amide bonds. The Bertz CT molecular complexity index is 2600. The van der Waals surface area contributed by atoms with Crippen LogP contribution >= 0.6 is 0 Å². The number of nitrogens with zero attached hydrogens (tertiary/aromatic N) is 4. The highest BCUT2D eigenvalue weighted by Gasteiger charge is 2.15. The number of fused-ring (bicyclic) bond motifs is 20. The van der Waals surface area contributed by atoms with Crippen molar-refractivity contribution in [3.63, 3.8) is 0 Å². The predicted molar refractivity (Wildman–Crippen MR) is 161 cm³/mol. The van der Waals surface area contributed by atoms with Crippen LogP contribution in [0.4, 0.5) is 23.3 Å². The van der Waals surface area contributed by atoms with Gasteiger partial charge in [-0.25, -0.2) is 20.0 Å². The largest absolute Gasteiger partial charge is 0.324 e. The summed E-state index contributed by atoms with van der Waals surface area (Å²) in [5.41, 5.74) is 4.05. The van der Waals surface area contributed by atoms with Gasteiger partial charge in [0.25, 0.3) is 0 Å². The van der Waals surface area contributed by atoms with Crippen molar-refractivity contribution in [2.45, 2.75) is 6.92 Å². The maximum absolute atomic E-state index is 5.14. The van der Waals surface area contributed by atoms with E-state index in [1.54, 1.807) is 0 Å². The van der Waals surface area contributed by atoms with E-state index in [4.69, 9.17) is 20.0 Å². The second-order valence-corrected chi connectivity index (χ2v) is 10.4. The van der Waals surface area contributed by atoms with Gasteiger partial charge in [-0.2, -0.15) is 0 Å². The van der Waals surface area contributed by atoms with E-state index in [9.17, 15) is 0 Å². The van der Waals surface area contributed by atoms with Gasteiger partial charge in [-0.3, -0.25) is 0 Å². The lowest BCUT2D eigenvalue weighted by Gasteiger charge is -1.96. The quantitative estimate of drug-likeness (QED) is 0.183. The van der Waals surface area contributed by atoms with E-state index >= 15 is 0 Å². The highest BCUT2D eigenvalue weighted by atomic mass is 15.1. The third-order valence-electron chi connectivity index (χ3n) is 7.92. The lowest BCUT2D eigenvalue weighted by atomic mass is 10.1. The molecule has 4 aromatic carbocycles. The molecule has 0 radical (unpaired) electrons. The second-order valence-electron chi connectivity index (χ2n) is 10.4. The molecule has 8 bridgehead atoms. The molecule has 0 aliphatic carbocycles. The van der Waals surface area contributed by atoms with Crippen molar-refractivity contribution in [3.8, 4) is 0 Å². The Labute approximate surface area is 231 Å². The fourth-order valence-corrected chi connectivity index (χ4v) is 6.00. The number of aryl methyl sites for hydroxylation is 1. The second kappa shape index (κ2) is 8.12. The zero-order valence-corrected chi connectivity index (χ0v) is 21.9. The molecule has 1 aliphatic heterocycles. The van der Waals surface area contributed by atoms with Gasteiger partial charge in [0.2, 0.25) is 0 Å². The minimum absolute atomic E-state index is 0.731. The monoisotopic (exact) mass is 530 g/mol. The molecule has 0 fully saturated rings. The van der Waals surface area contributed by atoms with Crippen LogP contribution in [0.1, 0.15) is 5.56 Å². The molecule has 4 aromatic heterocycles. The van der Waals surface area contributed by atoms with Crippen LogP contribution in [0.2, 0.25) is 0 Å². The number of nitrogens with one attached hydrogen (secondary N) is 4. The summed E-state index contributed by atoms with van der Waals surface area (Å²) in [7, 11) is 0. The third-order valence-corrected chi connectivity index (χ3v) is 7.92. The first-order valence-electron chi connectivity index (χ1n) is 13.5. The Hall–Kier alpha value is -5.76. The maximum atomic E-state index is 5.14. The van der Waals surface area contributed by atoms with E-state index in [-0.39, 0.29) is 0 Å². The summed E-state index contributed by atoms with van der Waals surface area (Å²) < 4.78 is 0. The average molecular weight is 531 g/mol. The van der Waals surface area contributed by atoms with Crippen LogP contribution in [0.15, 0.2) is 111 Å². The van der Waals surface area contributed by atoms with Crippen molar-refractivity contribution < 1.29 is 0 Å². The molecule has 41 heavy (non-hydrogen) atoms. The first-order chi connectivity index (χ1) is 20.2. The lowest BCUT2D eigenvalue weighted by Crippen LogP contribution is -2.10. The van der Waals surface area contributed by atoms with Crippen molar-refractivity contribution in [3.05, 3.63) is 119 Å². The summed E-state index contributed by atoms with van der Waals surface area (Å²) in [6.07, 6.45) is 0. The van der Waals surface area contributed by atoms with E-state index in [0.717, 1.165) is 93.9 Å². The standard InChI is InChI=1S/C33H22N8/c1-17-9-8-16-24-25(17)33-40-31-23-15-7-6-14-22(23)29(38-31)36-27-19-11-3-2-10-18(19)26(34-27)35-28-20-12-4-5-13-21(20)30(37-28)39-32(24)41-33/h2-16H,1H3,(H4,34,35,36,37,38,39,40,41). The summed E-state index contributed by atoms with van der Waals surface area (Å²) in [5.74, 6) is 2.94. The summed E-state index contributed by atoms with van der Waals surface area (Å²) in [4.78, 5) is 34.5. The van der Waals surface area contributed by atoms with Crippen LogP contribution < -0.4 is 22.0 Å². The minimum atomic E-state index is 0.731. The number of hydrogen-bond donors (Lipinski definition) is 4. The lowest BCUT2D eigenvalue weighted by molar-refractivity contribution is 1.08. The normalized spacial score (nSPS) is 12.8. The van der Waals surface area contributed by atoms with Gasteiger partial charge in [0.05, 0.1) is 0 Å². The Balaban J connectivity index is 1.52. The molecular weight excluding hydrogens is 508 g/mol. The molecule has 0 atom stereocenters. The smallest absolute Gasteiger partial charge is 0.142 e. The molecule has 5 heterocycles. The molecule has 0 saturated carbocycles. The Morgan fingerprint density at radius 3 is 1.22 bits per heavy atom. The number of hydrogen-bond acceptors (Lipinski definition) is 4. The first-order valence-corrected chi connectivity index (χ1v) is 13.5. The molecule has 194 valence electrons. The molecule has 4 N–H and O–H groups in total. The molecule has 0 spiro atoms. The Kier molecular flexibility index (Phi) is 4.38. The Morgan fingerprint density at radius 1 is 0.366 bits per heavy atom. The van der Waals surface area contributed by atoms with Gasteiger partial charge in [0.1, 0.15) is 45.2 Å². The molecule has 0 saturated heterocycles. The van der Waals surface area contributed by atoms with Gasteiger partial charge in [0, 0.05) is 43.1 Å². The van der Waals surface area contributed by atoms with E-state index < -0.39 is 0 Å². The van der Waals surface area contributed by atoms with Gasteiger partial charge in [-0.1, -0.05) is 91.0 Å². The van der Waals surface area contributed by atoms with Crippen LogP contribution in [0, 0.1) is 6.92 Å². The molecule has 0 unspecified atom stereocenters. The molecule has 1 aliphatic rings. The van der Waals surface area contributed by atoms with Crippen molar-refractivity contribution in [1.29, 1.82) is 0 Å². The van der Waals surface area contributed by atoms with Crippen LogP contribution in [-0.2, 0) is 0 Å². The van der Waals surface area contributed by atoms with E-state index in [0.29, 0.717) is 0 Å². The summed E-state index contributed by atoms with van der Waals surface area (Å²) in [5, 5.41) is 7.98.